The molecule has 9 N–H and O–H groups in total. The van der Waals surface area contributed by atoms with Crippen molar-refractivity contribution < 1.29 is 264 Å². The topological polar surface area (TPSA) is 336 Å². The molecule has 0 rings (SSSR count). The number of rotatable bonds is 0. The van der Waals surface area contributed by atoms with E-state index in [1.165, 1.54) is 0 Å². The molecule has 0 saturated carbocycles. The van der Waals surface area contributed by atoms with Crippen molar-refractivity contribution in [3.63, 3.8) is 0 Å². The maximum Gasteiger partial charge on any atom is 0.300 e. The van der Waals surface area contributed by atoms with Gasteiger partial charge in [-0.15, -0.1) is 0 Å². The molecule has 0 heterocycles. The molecule has 0 aliphatic carbocycles. The third-order valence-corrected chi connectivity index (χ3v) is 0. The quantitative estimate of drug-likeness (QED) is 0.152. The van der Waals surface area contributed by atoms with Crippen molar-refractivity contribution in [2.75, 3.05) is 0 Å². The van der Waals surface area contributed by atoms with Gasteiger partial charge in [0.1, 0.15) is 0 Å². The third-order valence-electron chi connectivity index (χ3n) is 0. The van der Waals surface area contributed by atoms with E-state index in [-0.39, 0.29) is 175 Å². The Bertz CT molecular complexity index is 447. The Balaban J connectivity index is -0.0000000111. The fourth-order valence-electron chi connectivity index (χ4n) is 0. The van der Waals surface area contributed by atoms with Crippen LogP contribution in [0.4, 0.5) is 0 Å². The van der Waals surface area contributed by atoms with Crippen LogP contribution in [0.25, 0.3) is 0 Å². The summed E-state index contributed by atoms with van der Waals surface area (Å²) in [5.74, 6) is -7.50. The van der Waals surface area contributed by atoms with E-state index in [4.69, 9.17) is 89.1 Å². The Hall–Kier alpha value is 0.840. The summed E-state index contributed by atoms with van der Waals surface area (Å²) in [6.45, 7) is 9.75. The second-order valence-electron chi connectivity index (χ2n) is 4.67. The third kappa shape index (κ3) is 117000. The zero-order valence-corrected chi connectivity index (χ0v) is 54.3. The second kappa shape index (κ2) is 111. The van der Waals surface area contributed by atoms with Gasteiger partial charge in [-0.2, -0.15) is 0 Å². The van der Waals surface area contributed by atoms with Crippen molar-refractivity contribution in [2.45, 2.75) is 62.3 Å². The van der Waals surface area contributed by atoms with E-state index in [1.54, 1.807) is 0 Å². The summed E-state index contributed by atoms with van der Waals surface area (Å²) in [5, 5.41) is 66.7. The minimum absolute atomic E-state index is 0. The summed E-state index contributed by atoms with van der Waals surface area (Å²) in [5.41, 5.74) is 0. The number of aliphatic carboxylic acids is 9. The van der Waals surface area contributed by atoms with Crippen molar-refractivity contribution in [1.29, 1.82) is 0 Å². The Morgan fingerprint density at radius 3 is 0.200 bits per heavy atom. The van der Waals surface area contributed by atoms with Crippen molar-refractivity contribution in [3.8, 4) is 0 Å². The van der Waals surface area contributed by atoms with Crippen LogP contribution in [0.15, 0.2) is 0 Å². The van der Waals surface area contributed by atoms with E-state index in [2.05, 4.69) is 0 Å². The molecule has 0 unspecified atom stereocenters. The number of carboxylic acids is 9. The van der Waals surface area contributed by atoms with Gasteiger partial charge in [-0.25, -0.2) is 0 Å². The molecule has 18 nitrogen and oxygen atoms in total. The molecule has 0 amide bonds. The average molecular weight is 1130 g/mol. The fourth-order valence-corrected chi connectivity index (χ4v) is 0. The zero-order chi connectivity index (χ0) is 32.2. The van der Waals surface area contributed by atoms with Crippen molar-refractivity contribution in [2.24, 2.45) is 0 Å². The van der Waals surface area contributed by atoms with Gasteiger partial charge in [0.2, 0.25) is 0 Å². The van der Waals surface area contributed by atoms with Gasteiger partial charge in [-0.1, -0.05) is 0 Å². The predicted molar refractivity (Wildman–Crippen MR) is 120 cm³/mol. The van der Waals surface area contributed by atoms with Crippen LogP contribution < -0.4 is 0 Å². The molecule has 0 bridgehead atoms. The molecule has 0 aromatic rings. The fraction of sp³-hybridized carbons (Fsp3) is 0.500. The van der Waals surface area contributed by atoms with E-state index < -0.39 is 53.7 Å². The normalized spacial score (nSPS) is 5.00. The second-order valence-corrected chi connectivity index (χ2v) is 4.67. The van der Waals surface area contributed by atoms with Gasteiger partial charge in [-0.3, -0.25) is 43.2 Å². The maximum atomic E-state index is 9.00. The smallest absolute Gasteiger partial charge is 0.300 e. The number of hydrogen-bond acceptors (Lipinski definition) is 9. The first-order chi connectivity index (χ1) is 15.6. The maximum absolute atomic E-state index is 9.00. The Morgan fingerprint density at radius 2 is 0.200 bits per heavy atom. The molecular formula is C18H36O18Zn9. The molecule has 45 heavy (non-hydrogen) atoms. The SMILES string of the molecule is CC(=O)O.CC(=O)O.CC(=O)O.CC(=O)O.CC(=O)O.CC(=O)O.CC(=O)O.CC(=O)O.CC(=O)O.[Zn].[Zn].[Zn].[Zn].[Zn].[Zn].[Zn].[Zn].[Zn]. The van der Waals surface area contributed by atoms with Crippen molar-refractivity contribution >= 4 is 53.7 Å². The van der Waals surface area contributed by atoms with E-state index >= 15 is 0 Å². The molecule has 0 atom stereocenters. The summed E-state index contributed by atoms with van der Waals surface area (Å²) in [6, 6.07) is 0. The molecule has 0 aliphatic heterocycles. The summed E-state index contributed by atoms with van der Waals surface area (Å²) in [7, 11) is 0. The first-order valence-electron chi connectivity index (χ1n) is 8.35. The Morgan fingerprint density at radius 1 is 0.200 bits per heavy atom. The van der Waals surface area contributed by atoms with Gasteiger partial charge in [-0.05, 0) is 0 Å². The molecule has 0 saturated heterocycles. The van der Waals surface area contributed by atoms with Crippen LogP contribution in [-0.4, -0.2) is 99.7 Å². The Labute approximate surface area is 376 Å². The number of carboxylic acid groups (broad SMARTS) is 9. The van der Waals surface area contributed by atoms with Crippen LogP contribution in [0.1, 0.15) is 62.3 Å². The molecule has 27 heteroatoms. The Kier molecular flexibility index (Phi) is 294. The van der Waals surface area contributed by atoms with Gasteiger partial charge < -0.3 is 46.0 Å². The molecule has 0 aromatic heterocycles. The minimum Gasteiger partial charge on any atom is -0.481 e. The number of carbonyl (C=O) groups is 9. The van der Waals surface area contributed by atoms with Crippen molar-refractivity contribution in [1.82, 2.24) is 0 Å². The summed E-state index contributed by atoms with van der Waals surface area (Å²) >= 11 is 0. The van der Waals surface area contributed by atoms with Gasteiger partial charge in [0.05, 0.1) is 0 Å². The minimum atomic E-state index is -0.833. The van der Waals surface area contributed by atoms with Gasteiger partial charge in [0.15, 0.2) is 0 Å². The molecule has 0 fully saturated rings. The van der Waals surface area contributed by atoms with Crippen LogP contribution in [0.2, 0.25) is 0 Å². The van der Waals surface area contributed by atoms with Gasteiger partial charge in [0.25, 0.3) is 53.7 Å². The molecular weight excluding hydrogens is 1090 g/mol. The van der Waals surface area contributed by atoms with Crippen LogP contribution in [0.5, 0.6) is 0 Å². The molecule has 0 aromatic carbocycles. The first-order valence-corrected chi connectivity index (χ1v) is 8.35. The van der Waals surface area contributed by atoms with Crippen LogP contribution in [0.3, 0.4) is 0 Å². The summed E-state index contributed by atoms with van der Waals surface area (Å²) in [4.78, 5) is 81.0. The van der Waals surface area contributed by atoms with E-state index in [0.717, 1.165) is 62.3 Å². The van der Waals surface area contributed by atoms with Gasteiger partial charge in [0, 0.05) is 238 Å². The van der Waals surface area contributed by atoms with E-state index in [9.17, 15) is 0 Å². The molecule has 0 spiro atoms. The van der Waals surface area contributed by atoms with Gasteiger partial charge >= 0.3 is 0 Å². The van der Waals surface area contributed by atoms with Crippen LogP contribution in [-0.2, 0) is 218 Å². The summed E-state index contributed by atoms with van der Waals surface area (Å²) in [6.07, 6.45) is 0. The van der Waals surface area contributed by atoms with Crippen LogP contribution in [0, 0.1) is 0 Å². The van der Waals surface area contributed by atoms with E-state index in [1.807, 2.05) is 0 Å². The predicted octanol–water partition coefficient (Wildman–Crippen LogP) is 0.796. The largest absolute Gasteiger partial charge is 0.481 e. The summed E-state index contributed by atoms with van der Waals surface area (Å²) < 4.78 is 0. The molecule has 234 valence electrons. The van der Waals surface area contributed by atoms with E-state index in [0.29, 0.717) is 0 Å². The molecule has 0 radical (unpaired) electrons. The van der Waals surface area contributed by atoms with Crippen LogP contribution >= 0.6 is 0 Å². The number of hydrogen-bond donors (Lipinski definition) is 9. The first kappa shape index (κ1) is 119. The van der Waals surface area contributed by atoms with Crippen molar-refractivity contribution in [3.05, 3.63) is 0 Å². The molecule has 0 aliphatic rings. The standard InChI is InChI=1S/9C2H4O2.9Zn/c9*1-2(3)4;;;;;;;;;/h9*1H3,(H,3,4);;;;;;;;;. The monoisotopic (exact) mass is 1120 g/mol. The average Bonchev–Trinajstić information content (AvgIpc) is 2.39. The zero-order valence-electron chi connectivity index (χ0n) is 27.6.